The highest BCUT2D eigenvalue weighted by molar-refractivity contribution is 6.03. The second-order valence-electron chi connectivity index (χ2n) is 6.16. The van der Waals surface area contributed by atoms with Gasteiger partial charge in [-0.25, -0.2) is 9.97 Å². The van der Waals surface area contributed by atoms with Gasteiger partial charge in [-0.15, -0.1) is 0 Å². The molecule has 7 heteroatoms. The number of nitrogens with one attached hydrogen (secondary N) is 1. The number of amides is 1. The van der Waals surface area contributed by atoms with Crippen molar-refractivity contribution in [3.63, 3.8) is 0 Å². The van der Waals surface area contributed by atoms with Crippen molar-refractivity contribution in [1.29, 1.82) is 0 Å². The van der Waals surface area contributed by atoms with Crippen LogP contribution in [0.15, 0.2) is 30.5 Å². The zero-order valence-corrected chi connectivity index (χ0v) is 15.2. The van der Waals surface area contributed by atoms with E-state index >= 15 is 0 Å². The van der Waals surface area contributed by atoms with Crippen molar-refractivity contribution in [3.8, 4) is 11.5 Å². The van der Waals surface area contributed by atoms with E-state index in [0.717, 1.165) is 25.9 Å². The van der Waals surface area contributed by atoms with E-state index in [4.69, 9.17) is 9.47 Å². The van der Waals surface area contributed by atoms with E-state index in [1.165, 1.54) is 12.8 Å². The lowest BCUT2D eigenvalue weighted by Gasteiger charge is -2.20. The van der Waals surface area contributed by atoms with Crippen molar-refractivity contribution >= 4 is 17.5 Å². The fourth-order valence-corrected chi connectivity index (χ4v) is 3.00. The van der Waals surface area contributed by atoms with Crippen molar-refractivity contribution in [2.24, 2.45) is 0 Å². The molecule has 1 aliphatic rings. The molecule has 1 N–H and O–H groups in total. The molecule has 0 aliphatic carbocycles. The third kappa shape index (κ3) is 4.22. The monoisotopic (exact) mass is 356 g/mol. The Kier molecular flexibility index (Phi) is 5.88. The van der Waals surface area contributed by atoms with Crippen LogP contribution in [0.2, 0.25) is 0 Å². The molecule has 1 aromatic carbocycles. The van der Waals surface area contributed by atoms with Crippen molar-refractivity contribution in [2.45, 2.75) is 25.7 Å². The molecule has 2 aromatic rings. The number of anilines is 2. The highest BCUT2D eigenvalue weighted by Crippen LogP contribution is 2.29. The van der Waals surface area contributed by atoms with E-state index < -0.39 is 0 Å². The van der Waals surface area contributed by atoms with Crippen LogP contribution in [0, 0.1) is 0 Å². The zero-order valence-electron chi connectivity index (χ0n) is 15.2. The maximum Gasteiger partial charge on any atom is 0.274 e. The van der Waals surface area contributed by atoms with Crippen LogP contribution in [0.4, 0.5) is 11.6 Å². The molecule has 0 unspecified atom stereocenters. The SMILES string of the molecule is COc1ccc(OC)c(NC(=O)c2ccnc(N3CCCCCC3)n2)c1. The normalized spacial score (nSPS) is 14.5. The number of aromatic nitrogens is 2. The molecule has 138 valence electrons. The first-order valence-electron chi connectivity index (χ1n) is 8.82. The second-order valence-corrected chi connectivity index (χ2v) is 6.16. The lowest BCUT2D eigenvalue weighted by Crippen LogP contribution is -2.27. The molecule has 1 amide bonds. The average Bonchev–Trinajstić information content (AvgIpc) is 2.97. The first-order chi connectivity index (χ1) is 12.7. The van der Waals surface area contributed by atoms with Crippen LogP contribution in [0.3, 0.4) is 0 Å². The fourth-order valence-electron chi connectivity index (χ4n) is 3.00. The van der Waals surface area contributed by atoms with Crippen LogP contribution in [0.25, 0.3) is 0 Å². The van der Waals surface area contributed by atoms with Gasteiger partial charge < -0.3 is 19.7 Å². The van der Waals surface area contributed by atoms with Gasteiger partial charge in [0.15, 0.2) is 0 Å². The van der Waals surface area contributed by atoms with Crippen LogP contribution >= 0.6 is 0 Å². The molecule has 1 aromatic heterocycles. The Bertz CT molecular complexity index is 758. The minimum absolute atomic E-state index is 0.310. The quantitative estimate of drug-likeness (QED) is 0.887. The Balaban J connectivity index is 1.79. The Labute approximate surface area is 153 Å². The summed E-state index contributed by atoms with van der Waals surface area (Å²) in [7, 11) is 3.13. The van der Waals surface area contributed by atoms with E-state index in [0.29, 0.717) is 28.8 Å². The molecule has 1 saturated heterocycles. The van der Waals surface area contributed by atoms with Gasteiger partial charge in [0.1, 0.15) is 17.2 Å². The standard InChI is InChI=1S/C19H24N4O3/c1-25-14-7-8-17(26-2)16(13-14)21-18(24)15-9-10-20-19(22-15)23-11-5-3-4-6-12-23/h7-10,13H,3-6,11-12H2,1-2H3,(H,21,24). The molecule has 7 nitrogen and oxygen atoms in total. The minimum atomic E-state index is -0.310. The topological polar surface area (TPSA) is 76.6 Å². The zero-order chi connectivity index (χ0) is 18.4. The van der Waals surface area contributed by atoms with Crippen molar-refractivity contribution < 1.29 is 14.3 Å². The molecule has 2 heterocycles. The Morgan fingerprint density at radius 3 is 2.54 bits per heavy atom. The lowest BCUT2D eigenvalue weighted by atomic mass is 10.2. The molecule has 0 atom stereocenters. The molecule has 3 rings (SSSR count). The van der Waals surface area contributed by atoms with Gasteiger partial charge in [0, 0.05) is 25.4 Å². The van der Waals surface area contributed by atoms with Crippen molar-refractivity contribution in [3.05, 3.63) is 36.2 Å². The summed E-state index contributed by atoms with van der Waals surface area (Å²) in [4.78, 5) is 23.6. The number of nitrogens with zero attached hydrogens (tertiary/aromatic N) is 3. The predicted octanol–water partition coefficient (Wildman–Crippen LogP) is 3.13. The van der Waals surface area contributed by atoms with Gasteiger partial charge in [-0.1, -0.05) is 12.8 Å². The number of methoxy groups -OCH3 is 2. The number of ether oxygens (including phenoxy) is 2. The Morgan fingerprint density at radius 2 is 1.85 bits per heavy atom. The van der Waals surface area contributed by atoms with Crippen LogP contribution in [0.1, 0.15) is 36.2 Å². The van der Waals surface area contributed by atoms with E-state index in [1.807, 2.05) is 0 Å². The number of hydrogen-bond donors (Lipinski definition) is 1. The summed E-state index contributed by atoms with van der Waals surface area (Å²) in [5.74, 6) is 1.49. The molecular formula is C19H24N4O3. The molecule has 0 spiro atoms. The third-order valence-electron chi connectivity index (χ3n) is 4.42. The lowest BCUT2D eigenvalue weighted by molar-refractivity contribution is 0.102. The summed E-state index contributed by atoms with van der Waals surface area (Å²) in [5.41, 5.74) is 0.857. The molecule has 0 radical (unpaired) electrons. The average molecular weight is 356 g/mol. The van der Waals surface area contributed by atoms with Gasteiger partial charge in [0.25, 0.3) is 5.91 Å². The summed E-state index contributed by atoms with van der Waals surface area (Å²) < 4.78 is 10.5. The van der Waals surface area contributed by atoms with E-state index in [2.05, 4.69) is 20.2 Å². The maximum atomic E-state index is 12.7. The smallest absolute Gasteiger partial charge is 0.274 e. The molecule has 1 aliphatic heterocycles. The number of benzene rings is 1. The van der Waals surface area contributed by atoms with Crippen molar-refractivity contribution in [2.75, 3.05) is 37.5 Å². The molecular weight excluding hydrogens is 332 g/mol. The van der Waals surface area contributed by atoms with E-state index in [-0.39, 0.29) is 5.91 Å². The van der Waals surface area contributed by atoms with Gasteiger partial charge in [-0.2, -0.15) is 0 Å². The summed E-state index contributed by atoms with van der Waals surface area (Å²) in [5, 5.41) is 2.84. The summed E-state index contributed by atoms with van der Waals surface area (Å²) in [6, 6.07) is 6.85. The van der Waals surface area contributed by atoms with Gasteiger partial charge in [0.2, 0.25) is 5.95 Å². The van der Waals surface area contributed by atoms with E-state index in [9.17, 15) is 4.79 Å². The molecule has 0 bridgehead atoms. The maximum absolute atomic E-state index is 12.7. The summed E-state index contributed by atoms with van der Waals surface area (Å²) in [6.07, 6.45) is 6.34. The van der Waals surface area contributed by atoms with Crippen molar-refractivity contribution in [1.82, 2.24) is 9.97 Å². The first kappa shape index (κ1) is 18.0. The van der Waals surface area contributed by atoms with Crippen LogP contribution < -0.4 is 19.7 Å². The highest BCUT2D eigenvalue weighted by atomic mass is 16.5. The summed E-state index contributed by atoms with van der Waals surface area (Å²) in [6.45, 7) is 1.85. The fraction of sp³-hybridized carbons (Fsp3) is 0.421. The molecule has 26 heavy (non-hydrogen) atoms. The van der Waals surface area contributed by atoms with Gasteiger partial charge in [0.05, 0.1) is 19.9 Å². The predicted molar refractivity (Wildman–Crippen MR) is 100 cm³/mol. The van der Waals surface area contributed by atoms with Crippen LogP contribution in [-0.4, -0.2) is 43.2 Å². The molecule has 0 saturated carbocycles. The second kappa shape index (κ2) is 8.51. The van der Waals surface area contributed by atoms with Gasteiger partial charge in [-0.3, -0.25) is 4.79 Å². The Hall–Kier alpha value is -2.83. The number of carbonyl (C=O) groups excluding carboxylic acids is 1. The first-order valence-corrected chi connectivity index (χ1v) is 8.82. The van der Waals surface area contributed by atoms with Crippen LogP contribution in [-0.2, 0) is 0 Å². The summed E-state index contributed by atoms with van der Waals surface area (Å²) >= 11 is 0. The third-order valence-corrected chi connectivity index (χ3v) is 4.42. The number of rotatable bonds is 5. The minimum Gasteiger partial charge on any atom is -0.497 e. The number of hydrogen-bond acceptors (Lipinski definition) is 6. The number of carbonyl (C=O) groups is 1. The largest absolute Gasteiger partial charge is 0.497 e. The van der Waals surface area contributed by atoms with E-state index in [1.54, 1.807) is 44.7 Å². The highest BCUT2D eigenvalue weighted by Gasteiger charge is 2.16. The van der Waals surface area contributed by atoms with Crippen LogP contribution in [0.5, 0.6) is 11.5 Å². The van der Waals surface area contributed by atoms with Gasteiger partial charge in [-0.05, 0) is 31.0 Å². The molecule has 1 fully saturated rings. The Morgan fingerprint density at radius 1 is 1.08 bits per heavy atom. The van der Waals surface area contributed by atoms with Gasteiger partial charge >= 0.3 is 0 Å².